The van der Waals surface area contributed by atoms with Crippen LogP contribution in [-0.4, -0.2) is 23.8 Å². The summed E-state index contributed by atoms with van der Waals surface area (Å²) in [5.74, 6) is 1.01. The van der Waals surface area contributed by atoms with Gasteiger partial charge in [-0.2, -0.15) is 0 Å². The van der Waals surface area contributed by atoms with Gasteiger partial charge in [0.25, 0.3) is 5.56 Å². The lowest BCUT2D eigenvalue weighted by atomic mass is 10.2. The molecule has 0 saturated heterocycles. The Hall–Kier alpha value is -2.24. The van der Waals surface area contributed by atoms with E-state index in [-0.39, 0.29) is 5.56 Å². The van der Waals surface area contributed by atoms with Crippen LogP contribution in [0.2, 0.25) is 10.0 Å². The van der Waals surface area contributed by atoms with Crippen LogP contribution in [0.1, 0.15) is 5.56 Å². The van der Waals surface area contributed by atoms with Crippen molar-refractivity contribution in [1.29, 1.82) is 0 Å². The molecule has 2 aromatic carbocycles. The van der Waals surface area contributed by atoms with E-state index in [0.717, 1.165) is 5.56 Å². The molecule has 5 nitrogen and oxygen atoms in total. The fourth-order valence-corrected chi connectivity index (χ4v) is 2.75. The van der Waals surface area contributed by atoms with E-state index < -0.39 is 0 Å². The van der Waals surface area contributed by atoms with Crippen molar-refractivity contribution in [3.8, 4) is 11.5 Å². The van der Waals surface area contributed by atoms with Crippen molar-refractivity contribution in [3.63, 3.8) is 0 Å². The van der Waals surface area contributed by atoms with Crippen molar-refractivity contribution in [2.75, 3.05) is 14.2 Å². The molecule has 24 heavy (non-hydrogen) atoms. The second kappa shape index (κ2) is 6.71. The van der Waals surface area contributed by atoms with Gasteiger partial charge in [0, 0.05) is 6.07 Å². The maximum Gasteiger partial charge on any atom is 0.261 e. The summed E-state index contributed by atoms with van der Waals surface area (Å²) in [5, 5.41) is 1.37. The maximum absolute atomic E-state index is 12.7. The molecule has 0 spiro atoms. The zero-order valence-electron chi connectivity index (χ0n) is 13.0. The lowest BCUT2D eigenvalue weighted by Gasteiger charge is -2.11. The fraction of sp³-hybridized carbons (Fsp3) is 0.176. The van der Waals surface area contributed by atoms with Gasteiger partial charge < -0.3 is 9.47 Å². The van der Waals surface area contributed by atoms with Crippen LogP contribution in [-0.2, 0) is 6.54 Å². The van der Waals surface area contributed by atoms with Crippen LogP contribution in [0.15, 0.2) is 41.5 Å². The van der Waals surface area contributed by atoms with Gasteiger partial charge in [-0.25, -0.2) is 4.98 Å². The minimum absolute atomic E-state index is 0.174. The average Bonchev–Trinajstić information content (AvgIpc) is 2.59. The monoisotopic (exact) mass is 364 g/mol. The Morgan fingerprint density at radius 2 is 1.75 bits per heavy atom. The number of ether oxygens (including phenoxy) is 2. The second-order valence-corrected chi connectivity index (χ2v) is 5.96. The van der Waals surface area contributed by atoms with Crippen LogP contribution >= 0.6 is 23.2 Å². The third-order valence-corrected chi connectivity index (χ3v) is 4.41. The van der Waals surface area contributed by atoms with Crippen LogP contribution < -0.4 is 15.0 Å². The van der Waals surface area contributed by atoms with Crippen molar-refractivity contribution in [3.05, 3.63) is 62.6 Å². The molecule has 0 atom stereocenters. The molecule has 0 amide bonds. The van der Waals surface area contributed by atoms with Gasteiger partial charge in [-0.1, -0.05) is 29.3 Å². The highest BCUT2D eigenvalue weighted by Crippen LogP contribution is 2.30. The number of benzene rings is 2. The highest BCUT2D eigenvalue weighted by atomic mass is 35.5. The summed E-state index contributed by atoms with van der Waals surface area (Å²) in [5.41, 5.74) is 1.23. The molecule has 0 bridgehead atoms. The van der Waals surface area contributed by atoms with Crippen LogP contribution in [0.5, 0.6) is 11.5 Å². The molecule has 0 unspecified atom stereocenters. The molecular weight excluding hydrogens is 351 g/mol. The number of rotatable bonds is 4. The van der Waals surface area contributed by atoms with Gasteiger partial charge in [-0.05, 0) is 23.8 Å². The first-order chi connectivity index (χ1) is 11.5. The third kappa shape index (κ3) is 3.05. The van der Waals surface area contributed by atoms with Crippen molar-refractivity contribution in [1.82, 2.24) is 9.55 Å². The molecule has 3 rings (SSSR count). The Kier molecular flexibility index (Phi) is 4.64. The van der Waals surface area contributed by atoms with Gasteiger partial charge in [0.05, 0.1) is 48.0 Å². The number of methoxy groups -OCH3 is 2. The highest BCUT2D eigenvalue weighted by molar-refractivity contribution is 6.42. The van der Waals surface area contributed by atoms with E-state index in [1.54, 1.807) is 24.3 Å². The Labute approximate surface area is 148 Å². The van der Waals surface area contributed by atoms with E-state index in [1.807, 2.05) is 6.07 Å². The molecular formula is C17H14Cl2N2O3. The standard InChI is InChI=1S/C17H14Cl2N2O3/c1-23-15-6-11-14(7-16(15)24-2)20-9-21(17(11)22)8-10-3-4-12(18)13(19)5-10/h3-7,9H,8H2,1-2H3. The predicted molar refractivity (Wildman–Crippen MR) is 94.7 cm³/mol. The molecule has 0 radical (unpaired) electrons. The summed E-state index contributed by atoms with van der Waals surface area (Å²) < 4.78 is 12.0. The number of aromatic nitrogens is 2. The van der Waals surface area contributed by atoms with E-state index in [1.165, 1.54) is 25.1 Å². The summed E-state index contributed by atoms with van der Waals surface area (Å²) >= 11 is 11.9. The number of nitrogens with zero attached hydrogens (tertiary/aromatic N) is 2. The summed E-state index contributed by atoms with van der Waals surface area (Å²) in [4.78, 5) is 17.1. The predicted octanol–water partition coefficient (Wildman–Crippen LogP) is 3.77. The van der Waals surface area contributed by atoms with E-state index in [4.69, 9.17) is 32.7 Å². The van der Waals surface area contributed by atoms with E-state index in [9.17, 15) is 4.79 Å². The van der Waals surface area contributed by atoms with Crippen molar-refractivity contribution < 1.29 is 9.47 Å². The quantitative estimate of drug-likeness (QED) is 0.706. The van der Waals surface area contributed by atoms with Crippen LogP contribution in [0.25, 0.3) is 10.9 Å². The van der Waals surface area contributed by atoms with Crippen LogP contribution in [0, 0.1) is 0 Å². The molecule has 0 N–H and O–H groups in total. The molecule has 0 aliphatic heterocycles. The number of fused-ring (bicyclic) bond motifs is 1. The fourth-order valence-electron chi connectivity index (χ4n) is 2.43. The lowest BCUT2D eigenvalue weighted by Crippen LogP contribution is -2.21. The van der Waals surface area contributed by atoms with Gasteiger partial charge in [0.2, 0.25) is 0 Å². The van der Waals surface area contributed by atoms with Gasteiger partial charge in [-0.3, -0.25) is 9.36 Å². The van der Waals surface area contributed by atoms with E-state index in [0.29, 0.717) is 39.0 Å². The topological polar surface area (TPSA) is 53.4 Å². The maximum atomic E-state index is 12.7. The summed E-state index contributed by atoms with van der Waals surface area (Å²) in [6.07, 6.45) is 1.50. The summed E-state index contributed by atoms with van der Waals surface area (Å²) in [6, 6.07) is 8.56. The molecule has 7 heteroatoms. The minimum atomic E-state index is -0.174. The first-order valence-electron chi connectivity index (χ1n) is 7.08. The van der Waals surface area contributed by atoms with Crippen LogP contribution in [0.4, 0.5) is 0 Å². The van der Waals surface area contributed by atoms with E-state index in [2.05, 4.69) is 4.98 Å². The number of hydrogen-bond donors (Lipinski definition) is 0. The van der Waals surface area contributed by atoms with Gasteiger partial charge >= 0.3 is 0 Å². The first kappa shape index (κ1) is 16.6. The van der Waals surface area contributed by atoms with Gasteiger partial charge in [-0.15, -0.1) is 0 Å². The van der Waals surface area contributed by atoms with Crippen molar-refractivity contribution >= 4 is 34.1 Å². The molecule has 0 saturated carbocycles. The summed E-state index contributed by atoms with van der Waals surface area (Å²) in [6.45, 7) is 0.340. The molecule has 3 aromatic rings. The molecule has 1 heterocycles. The second-order valence-electron chi connectivity index (χ2n) is 5.15. The Balaban J connectivity index is 2.07. The van der Waals surface area contributed by atoms with Gasteiger partial charge in [0.15, 0.2) is 11.5 Å². The summed E-state index contributed by atoms with van der Waals surface area (Å²) in [7, 11) is 3.06. The number of hydrogen-bond acceptors (Lipinski definition) is 4. The zero-order chi connectivity index (χ0) is 17.3. The first-order valence-corrected chi connectivity index (χ1v) is 7.84. The third-order valence-electron chi connectivity index (χ3n) is 3.67. The lowest BCUT2D eigenvalue weighted by molar-refractivity contribution is 0.355. The molecule has 0 fully saturated rings. The smallest absolute Gasteiger partial charge is 0.261 e. The molecule has 1 aromatic heterocycles. The number of halogens is 2. The highest BCUT2D eigenvalue weighted by Gasteiger charge is 2.11. The molecule has 0 aliphatic carbocycles. The zero-order valence-corrected chi connectivity index (χ0v) is 14.6. The Bertz CT molecular complexity index is 970. The van der Waals surface area contributed by atoms with E-state index >= 15 is 0 Å². The van der Waals surface area contributed by atoms with Gasteiger partial charge in [0.1, 0.15) is 0 Å². The van der Waals surface area contributed by atoms with Crippen LogP contribution in [0.3, 0.4) is 0 Å². The Morgan fingerprint density at radius 3 is 2.42 bits per heavy atom. The average molecular weight is 365 g/mol. The van der Waals surface area contributed by atoms with Crippen molar-refractivity contribution in [2.45, 2.75) is 6.54 Å². The minimum Gasteiger partial charge on any atom is -0.493 e. The molecule has 0 aliphatic rings. The Morgan fingerprint density at radius 1 is 1.04 bits per heavy atom. The largest absolute Gasteiger partial charge is 0.493 e. The normalized spacial score (nSPS) is 10.8. The SMILES string of the molecule is COc1cc2ncn(Cc3ccc(Cl)c(Cl)c3)c(=O)c2cc1OC. The molecule has 124 valence electrons. The van der Waals surface area contributed by atoms with Crippen molar-refractivity contribution in [2.24, 2.45) is 0 Å².